The molecule has 7 nitrogen and oxygen atoms in total. The monoisotopic (exact) mass is 912 g/mol. The molecule has 36 heteroatoms. The fourth-order valence-electron chi connectivity index (χ4n) is 2.92. The Balaban J connectivity index is 7.61. The molecule has 0 rings (SSSR count). The Hall–Kier alpha value is -2.76. The summed E-state index contributed by atoms with van der Waals surface area (Å²) in [6.07, 6.45) is -78.0. The van der Waals surface area contributed by atoms with E-state index in [0.29, 0.717) is 5.32 Å². The highest BCUT2D eigenvalue weighted by molar-refractivity contribution is 5.84. The van der Waals surface area contributed by atoms with Gasteiger partial charge < -0.3 is 10.2 Å². The topological polar surface area (TPSA) is 69.3 Å². The zero-order chi connectivity index (χ0) is 45.8. The second kappa shape index (κ2) is 15.1. The van der Waals surface area contributed by atoms with Gasteiger partial charge in [0.15, 0.2) is 0 Å². The number of hydrogen-bond acceptors (Lipinski definition) is 6. The molecule has 0 spiro atoms. The number of carbonyl (C=O) groups excluding carboxylic acids is 1. The van der Waals surface area contributed by atoms with Crippen molar-refractivity contribution in [1.29, 1.82) is 0 Å². The van der Waals surface area contributed by atoms with Gasteiger partial charge >= 0.3 is 84.7 Å². The maximum atomic E-state index is 14.7. The Labute approximate surface area is 286 Å². The van der Waals surface area contributed by atoms with Crippen molar-refractivity contribution >= 4 is 5.91 Å². The van der Waals surface area contributed by atoms with Crippen molar-refractivity contribution in [2.45, 2.75) is 91.1 Å². The standard InChI is InChI=1S/C20H13F29N2O5/c1-51(2)5-3-4-50-6(52)7(21,12(27,28)29)53-18(44,45)9(24,14(33,34)35)55-20(48,49)11(26,16(39,40)41)56-19(46,47)10(25,15(36,37)38)54-17(42,43)8(22,23)13(30,31)32/h3-5H2,1-2H3,(H,50,52). The van der Waals surface area contributed by atoms with Crippen molar-refractivity contribution in [1.82, 2.24) is 10.2 Å². The van der Waals surface area contributed by atoms with Gasteiger partial charge in [-0.1, -0.05) is 0 Å². The summed E-state index contributed by atoms with van der Waals surface area (Å²) in [4.78, 5) is 12.8. The summed E-state index contributed by atoms with van der Waals surface area (Å²) in [7, 11) is 2.36. The van der Waals surface area contributed by atoms with Crippen LogP contribution < -0.4 is 5.32 Å². The van der Waals surface area contributed by atoms with Gasteiger partial charge in [0.25, 0.3) is 5.91 Å². The molecule has 336 valence electrons. The van der Waals surface area contributed by atoms with Crippen LogP contribution in [0.2, 0.25) is 0 Å². The summed E-state index contributed by atoms with van der Waals surface area (Å²) in [5, 5.41) is 0.650. The molecule has 0 aromatic carbocycles. The van der Waals surface area contributed by atoms with Crippen LogP contribution in [0.3, 0.4) is 0 Å². The van der Waals surface area contributed by atoms with E-state index in [-0.39, 0.29) is 6.54 Å². The second-order valence-corrected chi connectivity index (χ2v) is 10.3. The first-order chi connectivity index (χ1) is 23.9. The molecule has 56 heavy (non-hydrogen) atoms. The molecule has 0 aliphatic carbocycles. The van der Waals surface area contributed by atoms with Crippen LogP contribution in [0.5, 0.6) is 0 Å². The third kappa shape index (κ3) is 9.74. The van der Waals surface area contributed by atoms with Crippen molar-refractivity contribution in [3.63, 3.8) is 0 Å². The summed E-state index contributed by atoms with van der Waals surface area (Å²) < 4.78 is 396. The van der Waals surface area contributed by atoms with E-state index in [1.54, 1.807) is 4.74 Å². The van der Waals surface area contributed by atoms with Gasteiger partial charge in [-0.05, 0) is 27.1 Å². The van der Waals surface area contributed by atoms with Gasteiger partial charge in [0, 0.05) is 6.54 Å². The maximum absolute atomic E-state index is 14.7. The number of halogens is 29. The molecule has 0 aromatic rings. The van der Waals surface area contributed by atoms with E-state index in [1.165, 1.54) is 14.1 Å². The minimum absolute atomic E-state index is 0.334. The summed E-state index contributed by atoms with van der Waals surface area (Å²) in [5.74, 6) is -46.6. The lowest BCUT2D eigenvalue weighted by Crippen LogP contribution is -2.72. The number of ether oxygens (including phenoxy) is 4. The number of nitrogens with zero attached hydrogens (tertiary/aromatic N) is 1. The van der Waals surface area contributed by atoms with Gasteiger partial charge in [-0.25, -0.2) is 0 Å². The zero-order valence-corrected chi connectivity index (χ0v) is 25.6. The molecule has 0 aliphatic rings. The normalized spacial score (nSPS) is 19.6. The van der Waals surface area contributed by atoms with E-state index in [1.807, 2.05) is 0 Å². The number of carbonyl (C=O) groups is 1. The Morgan fingerprint density at radius 1 is 0.429 bits per heavy atom. The molecule has 0 aliphatic heterocycles. The SMILES string of the molecule is CN(C)CCCNC(=O)C(F)(OC(F)(F)C(F)(OC(F)(F)C(F)(OC(F)(F)C(F)(OC(F)(F)C(F)(F)C(F)(F)F)C(F)(F)F)C(F)(F)F)C(F)(F)F)C(F)(F)F. The first kappa shape index (κ1) is 53.2. The lowest BCUT2D eigenvalue weighted by Gasteiger charge is -2.44. The van der Waals surface area contributed by atoms with Gasteiger partial charge in [-0.3, -0.25) is 23.7 Å². The van der Waals surface area contributed by atoms with Crippen molar-refractivity contribution in [2.75, 3.05) is 27.2 Å². The predicted octanol–water partition coefficient (Wildman–Crippen LogP) is 8.60. The zero-order valence-electron chi connectivity index (χ0n) is 25.6. The van der Waals surface area contributed by atoms with Crippen LogP contribution in [0.1, 0.15) is 6.42 Å². The molecule has 1 amide bonds. The molecule has 0 radical (unpaired) electrons. The highest BCUT2D eigenvalue weighted by Gasteiger charge is 2.90. The lowest BCUT2D eigenvalue weighted by atomic mass is 10.2. The van der Waals surface area contributed by atoms with Crippen molar-refractivity contribution in [3.05, 3.63) is 0 Å². The average molecular weight is 912 g/mol. The summed E-state index contributed by atoms with van der Waals surface area (Å²) in [5.41, 5.74) is 0. The summed E-state index contributed by atoms with van der Waals surface area (Å²) in [6.45, 7) is -1.68. The van der Waals surface area contributed by atoms with Crippen LogP contribution >= 0.6 is 0 Å². The van der Waals surface area contributed by atoms with Crippen molar-refractivity contribution in [2.24, 2.45) is 0 Å². The first-order valence-corrected chi connectivity index (χ1v) is 12.6. The Kier molecular flexibility index (Phi) is 14.4. The van der Waals surface area contributed by atoms with Crippen LogP contribution in [0.4, 0.5) is 127 Å². The number of amides is 1. The van der Waals surface area contributed by atoms with E-state index in [4.69, 9.17) is 0 Å². The van der Waals surface area contributed by atoms with E-state index in [2.05, 4.69) is 0 Å². The molecule has 4 unspecified atom stereocenters. The minimum atomic E-state index is -9.24. The number of nitrogens with one attached hydrogen (secondary N) is 1. The molecule has 0 fully saturated rings. The van der Waals surface area contributed by atoms with Crippen LogP contribution in [-0.4, -0.2) is 123 Å². The highest BCUT2D eigenvalue weighted by atomic mass is 19.4. The molecule has 0 aromatic heterocycles. The molecule has 0 saturated carbocycles. The van der Waals surface area contributed by atoms with Gasteiger partial charge in [0.05, 0.1) is 0 Å². The van der Waals surface area contributed by atoms with E-state index >= 15 is 0 Å². The number of rotatable bonds is 17. The second-order valence-electron chi connectivity index (χ2n) is 10.3. The highest BCUT2D eigenvalue weighted by Crippen LogP contribution is 2.61. The quantitative estimate of drug-likeness (QED) is 0.117. The first-order valence-electron chi connectivity index (χ1n) is 12.6. The average Bonchev–Trinajstić information content (AvgIpc) is 2.90. The smallest absolute Gasteiger partial charge is 0.351 e. The molecular formula is C20H13F29N2O5. The van der Waals surface area contributed by atoms with Gasteiger partial charge in [0.1, 0.15) is 0 Å². The molecule has 0 saturated heterocycles. The van der Waals surface area contributed by atoms with Gasteiger partial charge in [-0.2, -0.15) is 127 Å². The largest absolute Gasteiger partial charge is 0.462 e. The Morgan fingerprint density at radius 2 is 0.714 bits per heavy atom. The van der Waals surface area contributed by atoms with Crippen molar-refractivity contribution < 1.29 is 151 Å². The predicted molar refractivity (Wildman–Crippen MR) is 111 cm³/mol. The molecular weight excluding hydrogens is 899 g/mol. The van der Waals surface area contributed by atoms with Crippen molar-refractivity contribution in [3.8, 4) is 0 Å². The molecule has 4 atom stereocenters. The Bertz CT molecular complexity index is 1360. The van der Waals surface area contributed by atoms with Gasteiger partial charge in [0.2, 0.25) is 0 Å². The maximum Gasteiger partial charge on any atom is 0.462 e. The van der Waals surface area contributed by atoms with E-state index < -0.39 is 104 Å². The van der Waals surface area contributed by atoms with Gasteiger partial charge in [-0.15, -0.1) is 0 Å². The molecule has 1 N–H and O–H groups in total. The molecule has 0 heterocycles. The van der Waals surface area contributed by atoms with E-state index in [9.17, 15) is 132 Å². The third-order valence-corrected chi connectivity index (χ3v) is 5.74. The summed E-state index contributed by atoms with van der Waals surface area (Å²) >= 11 is 0. The fourth-order valence-corrected chi connectivity index (χ4v) is 2.92. The minimum Gasteiger partial charge on any atom is -0.351 e. The number of hydrogen-bond donors (Lipinski definition) is 1. The lowest BCUT2D eigenvalue weighted by molar-refractivity contribution is -0.592. The van der Waals surface area contributed by atoms with Crippen LogP contribution in [-0.2, 0) is 23.7 Å². The van der Waals surface area contributed by atoms with Crippen LogP contribution in [0.15, 0.2) is 0 Å². The number of alkyl halides is 29. The summed E-state index contributed by atoms with van der Waals surface area (Å²) in [6, 6.07) is 0. The fraction of sp³-hybridized carbons (Fsp3) is 0.950. The Morgan fingerprint density at radius 3 is 0.964 bits per heavy atom. The van der Waals surface area contributed by atoms with Crippen LogP contribution in [0.25, 0.3) is 0 Å². The van der Waals surface area contributed by atoms with Crippen LogP contribution in [0, 0.1) is 0 Å². The van der Waals surface area contributed by atoms with E-state index in [0.717, 1.165) is 19.1 Å². The molecule has 0 bridgehead atoms. The third-order valence-electron chi connectivity index (χ3n) is 5.74.